The first kappa shape index (κ1) is 29.0. The van der Waals surface area contributed by atoms with Crippen LogP contribution in [-0.4, -0.2) is 45.6 Å². The van der Waals surface area contributed by atoms with Gasteiger partial charge in [0, 0.05) is 24.9 Å². The van der Waals surface area contributed by atoms with Crippen molar-refractivity contribution in [3.05, 3.63) is 56.8 Å². The molecule has 2 aromatic heterocycles. The zero-order valence-corrected chi connectivity index (χ0v) is 20.9. The number of aromatic nitrogens is 3. The number of alkyl halides is 3. The van der Waals surface area contributed by atoms with Gasteiger partial charge in [-0.15, -0.1) is 0 Å². The number of unbranched alkanes of at least 4 members (excludes halogenated alkanes) is 1. The van der Waals surface area contributed by atoms with Crippen LogP contribution in [0.3, 0.4) is 0 Å². The molecule has 0 radical (unpaired) electrons. The van der Waals surface area contributed by atoms with Gasteiger partial charge in [0.1, 0.15) is 11.6 Å². The van der Waals surface area contributed by atoms with E-state index in [4.69, 9.17) is 5.26 Å². The van der Waals surface area contributed by atoms with E-state index in [1.165, 1.54) is 0 Å². The first-order chi connectivity index (χ1) is 17.1. The number of hydrogen-bond acceptors (Lipinski definition) is 6. The Morgan fingerprint density at radius 1 is 1.25 bits per heavy atom. The lowest BCUT2D eigenvalue weighted by Gasteiger charge is -2.21. The van der Waals surface area contributed by atoms with Crippen LogP contribution in [0.15, 0.2) is 23.1 Å². The van der Waals surface area contributed by atoms with Crippen LogP contribution in [0.5, 0.6) is 0 Å². The van der Waals surface area contributed by atoms with Crippen LogP contribution in [0.25, 0.3) is 0 Å². The third-order valence-corrected chi connectivity index (χ3v) is 5.81. The molecule has 196 valence electrons. The molecule has 1 amide bonds. The molecule has 0 bridgehead atoms. The summed E-state index contributed by atoms with van der Waals surface area (Å²) in [6, 6.07) is 4.97. The van der Waals surface area contributed by atoms with Crippen molar-refractivity contribution in [1.29, 1.82) is 5.26 Å². The molecule has 36 heavy (non-hydrogen) atoms. The van der Waals surface area contributed by atoms with E-state index in [0.29, 0.717) is 18.5 Å². The third kappa shape index (κ3) is 8.45. The summed E-state index contributed by atoms with van der Waals surface area (Å²) in [5.41, 5.74) is -0.870. The van der Waals surface area contributed by atoms with Gasteiger partial charge in [-0.1, -0.05) is 20.3 Å². The molecule has 2 N–H and O–H groups in total. The third-order valence-electron chi connectivity index (χ3n) is 5.81. The van der Waals surface area contributed by atoms with Gasteiger partial charge in [-0.05, 0) is 63.4 Å². The number of halogens is 3. The van der Waals surface area contributed by atoms with Crippen molar-refractivity contribution in [2.24, 2.45) is 0 Å². The molecule has 0 aliphatic heterocycles. The quantitative estimate of drug-likeness (QED) is 0.530. The van der Waals surface area contributed by atoms with Crippen molar-refractivity contribution in [3.63, 3.8) is 0 Å². The molecule has 0 aromatic carbocycles. The SMILES string of the molecule is CCCCN(CCC)CCC(=O)NC1CCc2c1n[nH]c(=O)c2C(F)(F)F.Cc1ccc(C#N)cn1. The number of carbonyl (C=O) groups is 1. The Kier molecular flexibility index (Phi) is 11.0. The van der Waals surface area contributed by atoms with Crippen molar-refractivity contribution in [3.8, 4) is 6.07 Å². The Morgan fingerprint density at radius 3 is 2.58 bits per heavy atom. The van der Waals surface area contributed by atoms with E-state index in [9.17, 15) is 22.8 Å². The smallest absolute Gasteiger partial charge is 0.348 e. The van der Waals surface area contributed by atoms with E-state index in [1.54, 1.807) is 12.3 Å². The number of aryl methyl sites for hydroxylation is 1. The number of hydrogen-bond donors (Lipinski definition) is 2. The van der Waals surface area contributed by atoms with Crippen LogP contribution in [0.4, 0.5) is 13.2 Å². The zero-order valence-electron chi connectivity index (χ0n) is 20.9. The van der Waals surface area contributed by atoms with Crippen LogP contribution >= 0.6 is 0 Å². The van der Waals surface area contributed by atoms with Crippen molar-refractivity contribution < 1.29 is 18.0 Å². The topological polar surface area (TPSA) is 115 Å². The number of fused-ring (bicyclic) bond motifs is 1. The summed E-state index contributed by atoms with van der Waals surface area (Å²) in [6.07, 6.45) is 0.637. The highest BCUT2D eigenvalue weighted by atomic mass is 19.4. The minimum Gasteiger partial charge on any atom is -0.348 e. The van der Waals surface area contributed by atoms with Gasteiger partial charge in [0.15, 0.2) is 0 Å². The van der Waals surface area contributed by atoms with Gasteiger partial charge in [-0.3, -0.25) is 14.6 Å². The highest BCUT2D eigenvalue weighted by Gasteiger charge is 2.41. The lowest BCUT2D eigenvalue weighted by molar-refractivity contribution is -0.139. The Bertz CT molecular complexity index is 1090. The van der Waals surface area contributed by atoms with Crippen molar-refractivity contribution in [2.75, 3.05) is 19.6 Å². The molecule has 1 aliphatic rings. The summed E-state index contributed by atoms with van der Waals surface area (Å²) in [5.74, 6) is -0.216. The number of aromatic amines is 1. The Morgan fingerprint density at radius 2 is 2.00 bits per heavy atom. The highest BCUT2D eigenvalue weighted by Crippen LogP contribution is 2.37. The second kappa shape index (κ2) is 13.7. The summed E-state index contributed by atoms with van der Waals surface area (Å²) in [6.45, 7) is 8.55. The van der Waals surface area contributed by atoms with Crippen molar-refractivity contribution >= 4 is 5.91 Å². The number of pyridine rings is 1. The minimum atomic E-state index is -4.74. The molecule has 11 heteroatoms. The number of nitrogens with one attached hydrogen (secondary N) is 2. The molecule has 0 spiro atoms. The molecule has 2 aromatic rings. The fraction of sp³-hybridized carbons (Fsp3) is 0.560. The number of carbonyl (C=O) groups excluding carboxylic acids is 1. The van der Waals surface area contributed by atoms with Crippen molar-refractivity contribution in [2.45, 2.75) is 71.5 Å². The summed E-state index contributed by atoms with van der Waals surface area (Å²) in [4.78, 5) is 30.0. The van der Waals surface area contributed by atoms with Crippen LogP contribution in [0.2, 0.25) is 0 Å². The summed E-state index contributed by atoms with van der Waals surface area (Å²) in [5, 5.41) is 16.8. The van der Waals surface area contributed by atoms with E-state index in [2.05, 4.69) is 34.1 Å². The molecular weight excluding hydrogens is 473 g/mol. The second-order valence-corrected chi connectivity index (χ2v) is 8.69. The summed E-state index contributed by atoms with van der Waals surface area (Å²) in [7, 11) is 0. The number of H-pyrrole nitrogens is 1. The van der Waals surface area contributed by atoms with Gasteiger partial charge in [-0.2, -0.15) is 23.5 Å². The average Bonchev–Trinajstić information content (AvgIpc) is 3.22. The molecule has 0 saturated heterocycles. The van der Waals surface area contributed by atoms with Gasteiger partial charge in [0.25, 0.3) is 5.56 Å². The fourth-order valence-corrected chi connectivity index (χ4v) is 4.00. The summed E-state index contributed by atoms with van der Waals surface area (Å²) < 4.78 is 39.4. The van der Waals surface area contributed by atoms with E-state index in [0.717, 1.165) is 38.0 Å². The minimum absolute atomic E-state index is 0.0739. The van der Waals surface area contributed by atoms with Crippen LogP contribution in [0, 0.1) is 18.3 Å². The lowest BCUT2D eigenvalue weighted by Crippen LogP contribution is -2.34. The Hall–Kier alpha value is -3.26. The number of nitriles is 1. The Labute approximate surface area is 208 Å². The largest absolute Gasteiger partial charge is 0.422 e. The lowest BCUT2D eigenvalue weighted by atomic mass is 10.1. The normalized spacial score (nSPS) is 14.6. The highest BCUT2D eigenvalue weighted by molar-refractivity contribution is 5.76. The van der Waals surface area contributed by atoms with E-state index in [1.807, 2.05) is 24.2 Å². The monoisotopic (exact) mass is 506 g/mol. The molecule has 1 unspecified atom stereocenters. The van der Waals surface area contributed by atoms with E-state index >= 15 is 0 Å². The van der Waals surface area contributed by atoms with Gasteiger partial charge in [0.05, 0.1) is 17.3 Å². The fourth-order valence-electron chi connectivity index (χ4n) is 4.00. The van der Waals surface area contributed by atoms with Crippen LogP contribution in [-0.2, 0) is 17.4 Å². The van der Waals surface area contributed by atoms with Gasteiger partial charge >= 0.3 is 6.18 Å². The van der Waals surface area contributed by atoms with Crippen LogP contribution in [0.1, 0.15) is 80.1 Å². The maximum absolute atomic E-state index is 13.1. The maximum Gasteiger partial charge on any atom is 0.422 e. The summed E-state index contributed by atoms with van der Waals surface area (Å²) >= 11 is 0. The first-order valence-electron chi connectivity index (χ1n) is 12.1. The van der Waals surface area contributed by atoms with E-state index in [-0.39, 0.29) is 30.0 Å². The van der Waals surface area contributed by atoms with Crippen LogP contribution < -0.4 is 10.9 Å². The Balaban J connectivity index is 0.000000425. The molecule has 1 aliphatic carbocycles. The standard InChI is InChI=1S/C18H27F3N4O2.C7H6N2/c1-3-5-10-25(9-4-2)11-8-14(26)22-13-7-6-12-15(18(19,20)21)17(27)24-23-16(12)13;1-6-2-3-7(4-8)5-9-6/h13H,3-11H2,1-2H3,(H,22,26)(H,24,27);2-3,5H,1H3. The molecule has 0 saturated carbocycles. The van der Waals surface area contributed by atoms with Gasteiger partial charge in [0.2, 0.25) is 5.91 Å². The van der Waals surface area contributed by atoms with Crippen molar-refractivity contribution in [1.82, 2.24) is 25.4 Å². The molecule has 0 fully saturated rings. The van der Waals surface area contributed by atoms with Gasteiger partial charge in [-0.25, -0.2) is 5.10 Å². The molecule has 2 heterocycles. The van der Waals surface area contributed by atoms with E-state index < -0.39 is 23.3 Å². The zero-order chi connectivity index (χ0) is 26.7. The predicted molar refractivity (Wildman–Crippen MR) is 129 cm³/mol. The number of rotatable bonds is 9. The molecular formula is C25H33F3N6O2. The molecule has 3 rings (SSSR count). The van der Waals surface area contributed by atoms with Gasteiger partial charge < -0.3 is 10.2 Å². The first-order valence-corrected chi connectivity index (χ1v) is 12.1. The average molecular weight is 507 g/mol. The second-order valence-electron chi connectivity index (χ2n) is 8.69. The number of amides is 1. The number of nitrogens with zero attached hydrogens (tertiary/aromatic N) is 4. The molecule has 1 atom stereocenters. The predicted octanol–water partition coefficient (Wildman–Crippen LogP) is 4.06. The maximum atomic E-state index is 13.1. The molecule has 8 nitrogen and oxygen atoms in total.